The lowest BCUT2D eigenvalue weighted by Gasteiger charge is -2.09. The van der Waals surface area contributed by atoms with Crippen LogP contribution in [0, 0.1) is 0 Å². The molecule has 0 unspecified atom stereocenters. The first kappa shape index (κ1) is 22.6. The summed E-state index contributed by atoms with van der Waals surface area (Å²) in [5, 5.41) is 0.543. The molecule has 1 aliphatic heterocycles. The maximum atomic E-state index is 12.8. The van der Waals surface area contributed by atoms with E-state index in [0.717, 1.165) is 24.2 Å². The van der Waals surface area contributed by atoms with Gasteiger partial charge in [0.15, 0.2) is 5.17 Å². The molecule has 2 aromatic carbocycles. The Morgan fingerprint density at radius 2 is 1.97 bits per heavy atom. The topological polar surface area (TPSA) is 68.2 Å². The number of hydrogen-bond acceptors (Lipinski definition) is 6. The summed E-state index contributed by atoms with van der Waals surface area (Å²) < 4.78 is 10.9. The first-order valence-corrected chi connectivity index (χ1v) is 11.1. The average molecular weight is 439 g/mol. The van der Waals surface area contributed by atoms with Crippen molar-refractivity contribution < 1.29 is 19.1 Å². The number of amides is 1. The van der Waals surface area contributed by atoms with E-state index in [9.17, 15) is 9.59 Å². The van der Waals surface area contributed by atoms with Crippen LogP contribution in [0.4, 0.5) is 5.69 Å². The first-order chi connectivity index (χ1) is 15.0. The zero-order chi connectivity index (χ0) is 22.2. The fourth-order valence-electron chi connectivity index (χ4n) is 2.88. The smallest absolute Gasteiger partial charge is 0.338 e. The molecule has 1 heterocycles. The number of likely N-dealkylation sites (N-methyl/N-ethyl adjacent to an activating group) is 1. The van der Waals surface area contributed by atoms with Crippen molar-refractivity contribution in [2.24, 2.45) is 4.99 Å². The van der Waals surface area contributed by atoms with E-state index in [0.29, 0.717) is 34.5 Å². The van der Waals surface area contributed by atoms with Gasteiger partial charge in [-0.3, -0.25) is 9.69 Å². The van der Waals surface area contributed by atoms with E-state index in [4.69, 9.17) is 9.47 Å². The third-order valence-corrected chi connectivity index (χ3v) is 5.61. The van der Waals surface area contributed by atoms with Gasteiger partial charge in [-0.05, 0) is 55.4 Å². The molecule has 0 spiro atoms. The van der Waals surface area contributed by atoms with Gasteiger partial charge >= 0.3 is 5.97 Å². The maximum absolute atomic E-state index is 12.8. The zero-order valence-electron chi connectivity index (χ0n) is 18.0. The van der Waals surface area contributed by atoms with Crippen molar-refractivity contribution in [1.29, 1.82) is 0 Å². The number of thioether (sulfide) groups is 1. The molecule has 0 saturated carbocycles. The van der Waals surface area contributed by atoms with Crippen molar-refractivity contribution in [3.63, 3.8) is 0 Å². The standard InChI is InChI=1S/C24H26N2O4S/c1-4-6-14-30-20-13-8-7-10-17(20)16-21-22(27)26(3)24(31-21)25-19-12-9-11-18(15-19)23(28)29-5-2/h7-13,15-16H,4-6,14H2,1-3H3. The SMILES string of the molecule is CCCCOc1ccccc1C=C1SC(=Nc2cccc(C(=O)OCC)c2)N(C)C1=O. The number of aliphatic imine (C=N–C) groups is 1. The number of nitrogens with zero attached hydrogens (tertiary/aromatic N) is 2. The van der Waals surface area contributed by atoms with Crippen LogP contribution in [0.1, 0.15) is 42.6 Å². The van der Waals surface area contributed by atoms with Crippen LogP contribution in [0.15, 0.2) is 58.4 Å². The number of hydrogen-bond donors (Lipinski definition) is 0. The van der Waals surface area contributed by atoms with Crippen molar-refractivity contribution in [1.82, 2.24) is 4.90 Å². The second-order valence-corrected chi connectivity index (χ2v) is 7.89. The number of carbonyl (C=O) groups excluding carboxylic acids is 2. The molecule has 31 heavy (non-hydrogen) atoms. The summed E-state index contributed by atoms with van der Waals surface area (Å²) in [5.41, 5.74) is 1.86. The first-order valence-electron chi connectivity index (χ1n) is 10.3. The molecule has 0 aliphatic carbocycles. The number of para-hydroxylation sites is 1. The quantitative estimate of drug-likeness (QED) is 0.319. The Balaban J connectivity index is 1.83. The van der Waals surface area contributed by atoms with Crippen molar-refractivity contribution in [3.05, 3.63) is 64.6 Å². The second-order valence-electron chi connectivity index (χ2n) is 6.88. The van der Waals surface area contributed by atoms with Gasteiger partial charge < -0.3 is 9.47 Å². The molecule has 0 atom stereocenters. The summed E-state index contributed by atoms with van der Waals surface area (Å²) >= 11 is 1.29. The van der Waals surface area contributed by atoms with E-state index in [1.807, 2.05) is 30.3 Å². The minimum absolute atomic E-state index is 0.131. The van der Waals surface area contributed by atoms with Gasteiger partial charge in [-0.1, -0.05) is 37.6 Å². The van der Waals surface area contributed by atoms with Crippen LogP contribution in [0.25, 0.3) is 6.08 Å². The molecule has 0 bridgehead atoms. The van der Waals surface area contributed by atoms with Crippen LogP contribution >= 0.6 is 11.8 Å². The molecule has 3 rings (SSSR count). The number of esters is 1. The van der Waals surface area contributed by atoms with Gasteiger partial charge in [-0.25, -0.2) is 9.79 Å². The van der Waals surface area contributed by atoms with E-state index in [2.05, 4.69) is 11.9 Å². The van der Waals surface area contributed by atoms with Crippen LogP contribution in [0.3, 0.4) is 0 Å². The Morgan fingerprint density at radius 1 is 1.16 bits per heavy atom. The number of benzene rings is 2. The molecule has 162 valence electrons. The van der Waals surface area contributed by atoms with Crippen molar-refractivity contribution >= 4 is 40.6 Å². The largest absolute Gasteiger partial charge is 0.493 e. The molecule has 0 aromatic heterocycles. The van der Waals surface area contributed by atoms with Gasteiger partial charge in [0.1, 0.15) is 5.75 Å². The van der Waals surface area contributed by atoms with E-state index in [-0.39, 0.29) is 5.91 Å². The zero-order valence-corrected chi connectivity index (χ0v) is 18.8. The fourth-order valence-corrected chi connectivity index (χ4v) is 3.86. The normalized spacial score (nSPS) is 16.2. The van der Waals surface area contributed by atoms with Crippen LogP contribution in [-0.2, 0) is 9.53 Å². The predicted octanol–water partition coefficient (Wildman–Crippen LogP) is 5.28. The average Bonchev–Trinajstić information content (AvgIpc) is 3.03. The van der Waals surface area contributed by atoms with Gasteiger partial charge in [0.25, 0.3) is 5.91 Å². The molecule has 2 aromatic rings. The van der Waals surface area contributed by atoms with Gasteiger partial charge in [0.2, 0.25) is 0 Å². The lowest BCUT2D eigenvalue weighted by molar-refractivity contribution is -0.121. The van der Waals surface area contributed by atoms with Gasteiger partial charge in [-0.15, -0.1) is 0 Å². The molecule has 0 radical (unpaired) electrons. The van der Waals surface area contributed by atoms with E-state index < -0.39 is 5.97 Å². The van der Waals surface area contributed by atoms with Gasteiger partial charge in [0.05, 0.1) is 29.4 Å². The summed E-state index contributed by atoms with van der Waals surface area (Å²) in [5.74, 6) is 0.231. The Bertz CT molecular complexity index is 1020. The highest BCUT2D eigenvalue weighted by Crippen LogP contribution is 2.34. The van der Waals surface area contributed by atoms with Gasteiger partial charge in [-0.2, -0.15) is 0 Å². The molecule has 6 nitrogen and oxygen atoms in total. The Hall–Kier alpha value is -3.06. The molecule has 7 heteroatoms. The van der Waals surface area contributed by atoms with Gasteiger partial charge in [0, 0.05) is 12.6 Å². The Labute approximate surface area is 187 Å². The molecule has 1 amide bonds. The molecular weight excluding hydrogens is 412 g/mol. The molecular formula is C24H26N2O4S. The highest BCUT2D eigenvalue weighted by atomic mass is 32.2. The molecule has 0 N–H and O–H groups in total. The highest BCUT2D eigenvalue weighted by molar-refractivity contribution is 8.18. The van der Waals surface area contributed by atoms with Crippen LogP contribution in [-0.4, -0.2) is 42.2 Å². The summed E-state index contributed by atoms with van der Waals surface area (Å²) in [7, 11) is 1.69. The maximum Gasteiger partial charge on any atom is 0.338 e. The van der Waals surface area contributed by atoms with Crippen molar-refractivity contribution in [3.8, 4) is 5.75 Å². The van der Waals surface area contributed by atoms with Crippen LogP contribution in [0.5, 0.6) is 5.75 Å². The Kier molecular flexibility index (Phi) is 7.89. The third-order valence-electron chi connectivity index (χ3n) is 4.55. The number of unbranched alkanes of at least 4 members (excludes halogenated alkanes) is 1. The summed E-state index contributed by atoms with van der Waals surface area (Å²) in [6.07, 6.45) is 3.87. The number of amidine groups is 1. The minimum atomic E-state index is -0.395. The van der Waals surface area contributed by atoms with E-state index >= 15 is 0 Å². The fraction of sp³-hybridized carbons (Fsp3) is 0.292. The lowest BCUT2D eigenvalue weighted by atomic mass is 10.2. The van der Waals surface area contributed by atoms with E-state index in [1.54, 1.807) is 38.2 Å². The van der Waals surface area contributed by atoms with E-state index in [1.165, 1.54) is 16.7 Å². The van der Waals surface area contributed by atoms with Crippen LogP contribution < -0.4 is 4.74 Å². The lowest BCUT2D eigenvalue weighted by Crippen LogP contribution is -2.23. The van der Waals surface area contributed by atoms with Crippen LogP contribution in [0.2, 0.25) is 0 Å². The summed E-state index contributed by atoms with van der Waals surface area (Å²) in [4.78, 5) is 31.4. The monoisotopic (exact) mass is 438 g/mol. The predicted molar refractivity (Wildman–Crippen MR) is 125 cm³/mol. The number of carbonyl (C=O) groups is 2. The van der Waals surface area contributed by atoms with Crippen molar-refractivity contribution in [2.75, 3.05) is 20.3 Å². The molecule has 1 saturated heterocycles. The number of rotatable bonds is 8. The molecule has 1 aliphatic rings. The third kappa shape index (κ3) is 5.76. The second kappa shape index (κ2) is 10.8. The highest BCUT2D eigenvalue weighted by Gasteiger charge is 2.30. The van der Waals surface area contributed by atoms with Crippen molar-refractivity contribution in [2.45, 2.75) is 26.7 Å². The summed E-state index contributed by atoms with van der Waals surface area (Å²) in [6.45, 7) is 4.83. The number of ether oxygens (including phenoxy) is 2. The summed E-state index contributed by atoms with van der Waals surface area (Å²) in [6, 6.07) is 14.5. The minimum Gasteiger partial charge on any atom is -0.493 e. The Morgan fingerprint density at radius 3 is 2.74 bits per heavy atom. The molecule has 1 fully saturated rings.